The molecule has 0 aromatic heterocycles. The Morgan fingerprint density at radius 1 is 1.11 bits per heavy atom. The molecule has 2 nitrogen and oxygen atoms in total. The fraction of sp³-hybridized carbons (Fsp3) is 0.600. The van der Waals surface area contributed by atoms with E-state index in [0.717, 1.165) is 37.4 Å². The highest BCUT2D eigenvalue weighted by Crippen LogP contribution is 2.22. The minimum Gasteiger partial charge on any atom is -0.388 e. The Morgan fingerprint density at radius 3 is 2.22 bits per heavy atom. The Kier molecular flexibility index (Phi) is 7.40. The molecule has 1 rings (SSSR count). The van der Waals surface area contributed by atoms with Gasteiger partial charge in [0.05, 0.1) is 6.10 Å². The molecular formula is C15H25NOS. The van der Waals surface area contributed by atoms with Crippen LogP contribution in [0.1, 0.15) is 38.9 Å². The van der Waals surface area contributed by atoms with Crippen molar-refractivity contribution in [1.82, 2.24) is 4.90 Å². The Hall–Kier alpha value is -0.510. The lowest BCUT2D eigenvalue weighted by Gasteiger charge is -2.17. The molecule has 1 atom stereocenters. The second-order valence-electron chi connectivity index (χ2n) is 4.37. The second kappa shape index (κ2) is 8.57. The Morgan fingerprint density at radius 2 is 1.72 bits per heavy atom. The van der Waals surface area contributed by atoms with Gasteiger partial charge in [0.2, 0.25) is 0 Å². The zero-order chi connectivity index (χ0) is 13.4. The first-order chi connectivity index (χ1) is 8.71. The van der Waals surface area contributed by atoms with Crippen LogP contribution in [-0.4, -0.2) is 35.4 Å². The van der Waals surface area contributed by atoms with Crippen LogP contribution in [0.3, 0.4) is 0 Å². The maximum Gasteiger partial charge on any atom is 0.0787 e. The summed E-state index contributed by atoms with van der Waals surface area (Å²) in [5, 5.41) is 9.72. The monoisotopic (exact) mass is 267 g/mol. The van der Waals surface area contributed by atoms with E-state index in [9.17, 15) is 5.11 Å². The van der Waals surface area contributed by atoms with Crippen LogP contribution in [0.5, 0.6) is 0 Å². The minimum atomic E-state index is -0.320. The molecule has 0 amide bonds. The number of hydrogen-bond acceptors (Lipinski definition) is 3. The maximum atomic E-state index is 9.72. The summed E-state index contributed by atoms with van der Waals surface area (Å²) in [7, 11) is 0. The average molecular weight is 267 g/mol. The molecule has 1 aromatic carbocycles. The highest BCUT2D eigenvalue weighted by molar-refractivity contribution is 7.99. The van der Waals surface area contributed by atoms with Crippen LogP contribution in [0, 0.1) is 0 Å². The predicted molar refractivity (Wildman–Crippen MR) is 80.2 cm³/mol. The van der Waals surface area contributed by atoms with E-state index < -0.39 is 0 Å². The van der Waals surface area contributed by atoms with Crippen LogP contribution in [0.4, 0.5) is 0 Å². The van der Waals surface area contributed by atoms with E-state index >= 15 is 0 Å². The second-order valence-corrected chi connectivity index (χ2v) is 5.54. The molecule has 0 saturated heterocycles. The number of rotatable bonds is 8. The van der Waals surface area contributed by atoms with Crippen LogP contribution in [-0.2, 0) is 0 Å². The summed E-state index contributed by atoms with van der Waals surface area (Å²) in [4.78, 5) is 3.72. The molecule has 0 heterocycles. The van der Waals surface area contributed by atoms with Crippen LogP contribution in [0.25, 0.3) is 0 Å². The van der Waals surface area contributed by atoms with Crippen molar-refractivity contribution in [3.63, 3.8) is 0 Å². The fourth-order valence-corrected chi connectivity index (χ4v) is 2.77. The van der Waals surface area contributed by atoms with Gasteiger partial charge >= 0.3 is 0 Å². The lowest BCUT2D eigenvalue weighted by atomic mass is 10.1. The number of aliphatic hydroxyl groups is 1. The summed E-state index contributed by atoms with van der Waals surface area (Å²) < 4.78 is 0. The first-order valence-electron chi connectivity index (χ1n) is 6.84. The van der Waals surface area contributed by atoms with Crippen molar-refractivity contribution in [2.75, 3.05) is 25.4 Å². The molecule has 102 valence electrons. The highest BCUT2D eigenvalue weighted by Gasteiger charge is 2.04. The van der Waals surface area contributed by atoms with Gasteiger partial charge in [0.25, 0.3) is 0 Å². The summed E-state index contributed by atoms with van der Waals surface area (Å²) in [6.45, 7) is 9.79. The van der Waals surface area contributed by atoms with Gasteiger partial charge < -0.3 is 10.0 Å². The molecule has 18 heavy (non-hydrogen) atoms. The zero-order valence-electron chi connectivity index (χ0n) is 11.7. The van der Waals surface area contributed by atoms with Crippen molar-refractivity contribution < 1.29 is 5.11 Å². The average Bonchev–Trinajstić information content (AvgIpc) is 2.43. The summed E-state index contributed by atoms with van der Waals surface area (Å²) in [5.74, 6) is 1.12. The van der Waals surface area contributed by atoms with Crippen molar-refractivity contribution >= 4 is 11.8 Å². The summed E-state index contributed by atoms with van der Waals surface area (Å²) in [6.07, 6.45) is 0.453. The van der Waals surface area contributed by atoms with E-state index in [1.54, 1.807) is 0 Å². The Bertz CT molecular complexity index is 322. The quantitative estimate of drug-likeness (QED) is 0.728. The third-order valence-corrected chi connectivity index (χ3v) is 4.21. The van der Waals surface area contributed by atoms with Gasteiger partial charge in [0.15, 0.2) is 0 Å². The third kappa shape index (κ3) is 5.01. The molecule has 3 heteroatoms. The first-order valence-corrected chi connectivity index (χ1v) is 7.82. The molecule has 1 aromatic rings. The van der Waals surface area contributed by atoms with Gasteiger partial charge in [-0.05, 0) is 37.2 Å². The molecule has 0 radical (unpaired) electrons. The van der Waals surface area contributed by atoms with Crippen molar-refractivity contribution in [3.05, 3.63) is 29.8 Å². The molecule has 0 aliphatic rings. The number of nitrogens with zero attached hydrogens (tertiary/aromatic N) is 1. The topological polar surface area (TPSA) is 23.5 Å². The summed E-state index contributed by atoms with van der Waals surface area (Å²) >= 11 is 1.88. The van der Waals surface area contributed by atoms with E-state index in [1.807, 2.05) is 30.8 Å². The van der Waals surface area contributed by atoms with E-state index in [-0.39, 0.29) is 6.10 Å². The van der Waals surface area contributed by atoms with Crippen LogP contribution in [0.2, 0.25) is 0 Å². The van der Waals surface area contributed by atoms with Crippen molar-refractivity contribution in [2.45, 2.75) is 38.2 Å². The van der Waals surface area contributed by atoms with Gasteiger partial charge in [-0.3, -0.25) is 0 Å². The number of benzene rings is 1. The third-order valence-electron chi connectivity index (χ3n) is 3.22. The van der Waals surface area contributed by atoms with Gasteiger partial charge in [0, 0.05) is 17.2 Å². The zero-order valence-corrected chi connectivity index (χ0v) is 12.5. The van der Waals surface area contributed by atoms with Gasteiger partial charge in [-0.25, -0.2) is 0 Å². The van der Waals surface area contributed by atoms with Crippen LogP contribution >= 0.6 is 11.8 Å². The van der Waals surface area contributed by atoms with E-state index in [2.05, 4.69) is 30.9 Å². The van der Waals surface area contributed by atoms with Crippen molar-refractivity contribution in [1.29, 1.82) is 0 Å². The normalized spacial score (nSPS) is 12.9. The van der Waals surface area contributed by atoms with Crippen LogP contribution in [0.15, 0.2) is 29.2 Å². The molecule has 0 spiro atoms. The van der Waals surface area contributed by atoms with Crippen molar-refractivity contribution in [3.8, 4) is 0 Å². The Labute approximate surface area is 115 Å². The van der Waals surface area contributed by atoms with E-state index in [0.29, 0.717) is 0 Å². The molecule has 0 saturated carbocycles. The van der Waals surface area contributed by atoms with Crippen molar-refractivity contribution in [2.24, 2.45) is 0 Å². The first kappa shape index (κ1) is 15.5. The van der Waals surface area contributed by atoms with Gasteiger partial charge in [0.1, 0.15) is 0 Å². The predicted octanol–water partition coefficient (Wildman–Crippen LogP) is 3.56. The maximum absolute atomic E-state index is 9.72. The van der Waals surface area contributed by atoms with Crippen LogP contribution < -0.4 is 0 Å². The smallest absolute Gasteiger partial charge is 0.0787 e. The van der Waals surface area contributed by atoms with E-state index in [1.165, 1.54) is 4.90 Å². The molecule has 0 aliphatic heterocycles. The van der Waals surface area contributed by atoms with Gasteiger partial charge in [-0.1, -0.05) is 32.9 Å². The fourth-order valence-electron chi connectivity index (χ4n) is 1.85. The standard InChI is InChI=1S/C15H25NOS/c1-4-15(17)13-7-9-14(10-8-13)18-12-11-16(5-2)6-3/h7-10,15,17H,4-6,11-12H2,1-3H3. The lowest BCUT2D eigenvalue weighted by molar-refractivity contribution is 0.173. The SMILES string of the molecule is CCC(O)c1ccc(SCCN(CC)CC)cc1. The number of thioether (sulfide) groups is 1. The Balaban J connectivity index is 2.39. The summed E-state index contributed by atoms with van der Waals surface area (Å²) in [5.41, 5.74) is 1.02. The lowest BCUT2D eigenvalue weighted by Crippen LogP contribution is -2.25. The van der Waals surface area contributed by atoms with E-state index in [4.69, 9.17) is 0 Å². The molecular weight excluding hydrogens is 242 g/mol. The highest BCUT2D eigenvalue weighted by atomic mass is 32.2. The number of aliphatic hydroxyl groups excluding tert-OH is 1. The number of hydrogen-bond donors (Lipinski definition) is 1. The molecule has 1 N–H and O–H groups in total. The largest absolute Gasteiger partial charge is 0.388 e. The molecule has 0 bridgehead atoms. The molecule has 0 fully saturated rings. The minimum absolute atomic E-state index is 0.320. The molecule has 1 unspecified atom stereocenters. The summed E-state index contributed by atoms with van der Waals surface area (Å²) in [6, 6.07) is 8.30. The molecule has 0 aliphatic carbocycles. The van der Waals surface area contributed by atoms with Gasteiger partial charge in [-0.15, -0.1) is 11.8 Å². The van der Waals surface area contributed by atoms with Gasteiger partial charge in [-0.2, -0.15) is 0 Å².